The summed E-state index contributed by atoms with van der Waals surface area (Å²) < 4.78 is 0. The first kappa shape index (κ1) is 15.7. The standard InChI is InChI=1S/C18H13Cl2NO2/c19-12-6-5-11(15(20)10-12)9-17-14-4-2-1-3-13(14)16(21-17)7-8-18(22)23/h1-8,10,21H,9H2,(H,22,23)/b8-7+. The van der Waals surface area contributed by atoms with Crippen LogP contribution in [0.5, 0.6) is 0 Å². The summed E-state index contributed by atoms with van der Waals surface area (Å²) >= 11 is 12.2. The van der Waals surface area contributed by atoms with E-state index >= 15 is 0 Å². The van der Waals surface area contributed by atoms with Crippen LogP contribution in [0.1, 0.15) is 17.0 Å². The Balaban J connectivity index is 2.05. The van der Waals surface area contributed by atoms with Gasteiger partial charge in [0.05, 0.1) is 0 Å². The fourth-order valence-electron chi connectivity index (χ4n) is 2.56. The first-order valence-corrected chi connectivity index (χ1v) is 7.74. The van der Waals surface area contributed by atoms with Gasteiger partial charge in [0.25, 0.3) is 0 Å². The molecule has 23 heavy (non-hydrogen) atoms. The highest BCUT2D eigenvalue weighted by Crippen LogP contribution is 2.28. The quantitative estimate of drug-likeness (QED) is 0.641. The fourth-order valence-corrected chi connectivity index (χ4v) is 3.03. The molecule has 0 unspecified atom stereocenters. The van der Waals surface area contributed by atoms with E-state index in [-0.39, 0.29) is 0 Å². The van der Waals surface area contributed by atoms with Crippen LogP contribution in [0.3, 0.4) is 0 Å². The number of hydrogen-bond donors (Lipinski definition) is 2. The first-order valence-electron chi connectivity index (χ1n) is 6.99. The van der Waals surface area contributed by atoms with E-state index in [2.05, 4.69) is 4.98 Å². The molecule has 3 aromatic rings. The predicted molar refractivity (Wildman–Crippen MR) is 94.2 cm³/mol. The van der Waals surface area contributed by atoms with Crippen LogP contribution in [-0.4, -0.2) is 16.1 Å². The SMILES string of the molecule is O=C(O)/C=C/c1[nH]c(Cc2ccc(Cl)cc2Cl)c2ccccc12. The number of benzene rings is 2. The van der Waals surface area contributed by atoms with Crippen molar-refractivity contribution < 1.29 is 9.90 Å². The van der Waals surface area contributed by atoms with Crippen LogP contribution in [-0.2, 0) is 11.2 Å². The number of aliphatic carboxylic acids is 1. The molecule has 0 saturated carbocycles. The summed E-state index contributed by atoms with van der Waals surface area (Å²) in [7, 11) is 0. The fraction of sp³-hybridized carbons (Fsp3) is 0.0556. The molecule has 1 heterocycles. The van der Waals surface area contributed by atoms with Crippen LogP contribution >= 0.6 is 23.2 Å². The molecule has 5 heteroatoms. The van der Waals surface area contributed by atoms with E-state index in [1.165, 1.54) is 0 Å². The van der Waals surface area contributed by atoms with Crippen molar-refractivity contribution in [1.29, 1.82) is 0 Å². The molecule has 2 N–H and O–H groups in total. The Morgan fingerprint density at radius 3 is 2.57 bits per heavy atom. The number of nitrogens with one attached hydrogen (secondary N) is 1. The van der Waals surface area contributed by atoms with Gasteiger partial charge in [-0.25, -0.2) is 4.79 Å². The number of rotatable bonds is 4. The van der Waals surface area contributed by atoms with Gasteiger partial charge in [0, 0.05) is 44.7 Å². The topological polar surface area (TPSA) is 53.1 Å². The van der Waals surface area contributed by atoms with E-state index in [4.69, 9.17) is 28.3 Å². The zero-order chi connectivity index (χ0) is 16.4. The molecule has 0 amide bonds. The Kier molecular flexibility index (Phi) is 4.42. The number of aromatic nitrogens is 1. The van der Waals surface area contributed by atoms with Crippen LogP contribution < -0.4 is 0 Å². The second kappa shape index (κ2) is 6.49. The summed E-state index contributed by atoms with van der Waals surface area (Å²) in [6.07, 6.45) is 3.30. The molecule has 0 saturated heterocycles. The number of carbonyl (C=O) groups is 1. The second-order valence-corrected chi connectivity index (χ2v) is 5.99. The molecule has 2 aromatic carbocycles. The highest BCUT2D eigenvalue weighted by molar-refractivity contribution is 6.35. The third kappa shape index (κ3) is 3.41. The van der Waals surface area contributed by atoms with Crippen molar-refractivity contribution in [3.8, 4) is 0 Å². The number of fused-ring (bicyclic) bond motifs is 1. The molecule has 0 spiro atoms. The average Bonchev–Trinajstić information content (AvgIpc) is 2.86. The van der Waals surface area contributed by atoms with E-state index in [0.29, 0.717) is 16.5 Å². The molecule has 116 valence electrons. The average molecular weight is 346 g/mol. The number of carboxylic acids is 1. The minimum atomic E-state index is -0.981. The van der Waals surface area contributed by atoms with Crippen molar-refractivity contribution in [1.82, 2.24) is 4.98 Å². The van der Waals surface area contributed by atoms with Gasteiger partial charge in [-0.05, 0) is 23.8 Å². The molecule has 1 aromatic heterocycles. The third-order valence-electron chi connectivity index (χ3n) is 3.60. The lowest BCUT2D eigenvalue weighted by molar-refractivity contribution is -0.131. The lowest BCUT2D eigenvalue weighted by Crippen LogP contribution is -1.91. The smallest absolute Gasteiger partial charge is 0.328 e. The molecule has 0 fully saturated rings. The number of carboxylic acid groups (broad SMARTS) is 1. The molecule has 0 bridgehead atoms. The van der Waals surface area contributed by atoms with Crippen molar-refractivity contribution in [2.75, 3.05) is 0 Å². The largest absolute Gasteiger partial charge is 0.478 e. The maximum absolute atomic E-state index is 10.8. The number of hydrogen-bond acceptors (Lipinski definition) is 1. The Bertz CT molecular complexity index is 913. The summed E-state index contributed by atoms with van der Waals surface area (Å²) in [6.45, 7) is 0. The molecule has 0 aliphatic rings. The monoisotopic (exact) mass is 345 g/mol. The van der Waals surface area contributed by atoms with E-state index in [1.807, 2.05) is 30.3 Å². The Morgan fingerprint density at radius 1 is 1.13 bits per heavy atom. The van der Waals surface area contributed by atoms with Gasteiger partial charge in [-0.15, -0.1) is 0 Å². The summed E-state index contributed by atoms with van der Waals surface area (Å²) in [5.41, 5.74) is 2.70. The van der Waals surface area contributed by atoms with E-state index < -0.39 is 5.97 Å². The van der Waals surface area contributed by atoms with Gasteiger partial charge in [-0.2, -0.15) is 0 Å². The predicted octanol–water partition coefficient (Wildman–Crippen LogP) is 5.16. The maximum atomic E-state index is 10.8. The van der Waals surface area contributed by atoms with Crippen molar-refractivity contribution in [2.45, 2.75) is 6.42 Å². The van der Waals surface area contributed by atoms with Crippen LogP contribution in [0.4, 0.5) is 0 Å². The van der Waals surface area contributed by atoms with Gasteiger partial charge in [0.1, 0.15) is 0 Å². The molecule has 0 aliphatic heterocycles. The molecular weight excluding hydrogens is 333 g/mol. The van der Waals surface area contributed by atoms with E-state index in [0.717, 1.165) is 33.8 Å². The Morgan fingerprint density at radius 2 is 1.87 bits per heavy atom. The molecule has 0 radical (unpaired) electrons. The van der Waals surface area contributed by atoms with E-state index in [9.17, 15) is 4.79 Å². The number of halogens is 2. The minimum absolute atomic E-state index is 0.597. The maximum Gasteiger partial charge on any atom is 0.328 e. The van der Waals surface area contributed by atoms with Crippen molar-refractivity contribution in [3.63, 3.8) is 0 Å². The third-order valence-corrected chi connectivity index (χ3v) is 4.19. The molecule has 3 rings (SSSR count). The van der Waals surface area contributed by atoms with Crippen molar-refractivity contribution >= 4 is 46.0 Å². The molecular formula is C18H13Cl2NO2. The van der Waals surface area contributed by atoms with Crippen LogP contribution in [0, 0.1) is 0 Å². The first-order chi connectivity index (χ1) is 11.0. The minimum Gasteiger partial charge on any atom is -0.478 e. The molecule has 0 aliphatic carbocycles. The van der Waals surface area contributed by atoms with Crippen molar-refractivity contribution in [3.05, 3.63) is 75.5 Å². The van der Waals surface area contributed by atoms with Gasteiger partial charge in [0.15, 0.2) is 0 Å². The lowest BCUT2D eigenvalue weighted by Gasteiger charge is -2.04. The van der Waals surface area contributed by atoms with Gasteiger partial charge >= 0.3 is 5.97 Å². The normalized spacial score (nSPS) is 11.4. The summed E-state index contributed by atoms with van der Waals surface area (Å²) in [5.74, 6) is -0.981. The Hall–Kier alpha value is -2.23. The van der Waals surface area contributed by atoms with Gasteiger partial charge < -0.3 is 10.1 Å². The summed E-state index contributed by atoms with van der Waals surface area (Å²) in [4.78, 5) is 14.0. The highest BCUT2D eigenvalue weighted by atomic mass is 35.5. The van der Waals surface area contributed by atoms with Crippen LogP contribution in [0.25, 0.3) is 16.8 Å². The highest BCUT2D eigenvalue weighted by Gasteiger charge is 2.11. The summed E-state index contributed by atoms with van der Waals surface area (Å²) in [5, 5.41) is 12.0. The number of H-pyrrole nitrogens is 1. The summed E-state index contributed by atoms with van der Waals surface area (Å²) in [6, 6.07) is 13.3. The number of aromatic amines is 1. The van der Waals surface area contributed by atoms with Gasteiger partial charge in [0.2, 0.25) is 0 Å². The Labute approximate surface area is 143 Å². The van der Waals surface area contributed by atoms with Gasteiger partial charge in [-0.3, -0.25) is 0 Å². The van der Waals surface area contributed by atoms with Crippen molar-refractivity contribution in [2.24, 2.45) is 0 Å². The van der Waals surface area contributed by atoms with Crippen LogP contribution in [0.15, 0.2) is 48.5 Å². The zero-order valence-corrected chi connectivity index (χ0v) is 13.5. The zero-order valence-electron chi connectivity index (χ0n) is 12.0. The van der Waals surface area contributed by atoms with E-state index in [1.54, 1.807) is 18.2 Å². The molecule has 0 atom stereocenters. The molecule has 3 nitrogen and oxygen atoms in total. The van der Waals surface area contributed by atoms with Gasteiger partial charge in [-0.1, -0.05) is 53.5 Å². The lowest BCUT2D eigenvalue weighted by atomic mass is 10.1. The second-order valence-electron chi connectivity index (χ2n) is 5.15. The van der Waals surface area contributed by atoms with Crippen LogP contribution in [0.2, 0.25) is 10.0 Å².